The molecular formula is C21H25N3O8S. The summed E-state index contributed by atoms with van der Waals surface area (Å²) in [5.41, 5.74) is 5.57. The number of morpholine rings is 1. The summed E-state index contributed by atoms with van der Waals surface area (Å²) in [6, 6.07) is 8.80. The van der Waals surface area contributed by atoms with Crippen LogP contribution in [0.3, 0.4) is 0 Å². The molecule has 1 fully saturated rings. The normalized spacial score (nSPS) is 14.4. The highest BCUT2D eigenvalue weighted by atomic mass is 32.2. The van der Waals surface area contributed by atoms with E-state index in [0.717, 1.165) is 0 Å². The summed E-state index contributed by atoms with van der Waals surface area (Å²) in [7, 11) is -0.980. The average Bonchev–Trinajstić information content (AvgIpc) is 2.82. The minimum absolute atomic E-state index is 0.0626. The molecule has 2 aromatic carbocycles. The van der Waals surface area contributed by atoms with Gasteiger partial charge in [0, 0.05) is 24.3 Å². The molecule has 0 bridgehead atoms. The van der Waals surface area contributed by atoms with Crippen LogP contribution in [-0.2, 0) is 19.6 Å². The predicted molar refractivity (Wildman–Crippen MR) is 118 cm³/mol. The number of methoxy groups -OCH3 is 2. The highest BCUT2D eigenvalue weighted by Gasteiger charge is 2.26. The van der Waals surface area contributed by atoms with E-state index in [0.29, 0.717) is 18.9 Å². The summed E-state index contributed by atoms with van der Waals surface area (Å²) < 4.78 is 48.2. The number of rotatable bonds is 9. The first-order chi connectivity index (χ1) is 15.8. The van der Waals surface area contributed by atoms with Crippen LogP contribution in [0.1, 0.15) is 10.4 Å². The number of nitrogens with two attached hydrogens (primary N) is 1. The monoisotopic (exact) mass is 479 g/mol. The lowest BCUT2D eigenvalue weighted by molar-refractivity contribution is -0.120. The van der Waals surface area contributed by atoms with E-state index in [1.165, 1.54) is 42.8 Å². The highest BCUT2D eigenvalue weighted by Crippen LogP contribution is 2.38. The summed E-state index contributed by atoms with van der Waals surface area (Å²) >= 11 is 0. The number of nitrogens with zero attached hydrogens (tertiary/aromatic N) is 1. The van der Waals surface area contributed by atoms with Crippen molar-refractivity contribution >= 4 is 27.5 Å². The van der Waals surface area contributed by atoms with Gasteiger partial charge in [-0.15, -0.1) is 0 Å². The fraction of sp³-hybridized carbons (Fsp3) is 0.333. The van der Waals surface area contributed by atoms with Crippen molar-refractivity contribution in [1.29, 1.82) is 0 Å². The Morgan fingerprint density at radius 3 is 2.30 bits per heavy atom. The molecule has 178 valence electrons. The van der Waals surface area contributed by atoms with Crippen LogP contribution in [0.4, 0.5) is 5.69 Å². The highest BCUT2D eigenvalue weighted by molar-refractivity contribution is 7.89. The Morgan fingerprint density at radius 2 is 1.73 bits per heavy atom. The van der Waals surface area contributed by atoms with Crippen molar-refractivity contribution in [2.75, 3.05) is 52.4 Å². The van der Waals surface area contributed by atoms with Gasteiger partial charge in [-0.1, -0.05) is 6.07 Å². The number of nitrogens with one attached hydrogen (secondary N) is 1. The van der Waals surface area contributed by atoms with Gasteiger partial charge in [0.25, 0.3) is 11.8 Å². The third kappa shape index (κ3) is 5.72. The summed E-state index contributed by atoms with van der Waals surface area (Å²) in [6.45, 7) is 0.797. The molecule has 0 saturated carbocycles. The van der Waals surface area contributed by atoms with Gasteiger partial charge in [-0.05, 0) is 30.3 Å². The average molecular weight is 480 g/mol. The first-order valence-corrected chi connectivity index (χ1v) is 11.4. The second-order valence-electron chi connectivity index (χ2n) is 6.96. The molecule has 0 spiro atoms. The molecule has 1 saturated heterocycles. The van der Waals surface area contributed by atoms with Crippen molar-refractivity contribution < 1.29 is 37.0 Å². The van der Waals surface area contributed by atoms with Gasteiger partial charge >= 0.3 is 0 Å². The topological polar surface area (TPSA) is 146 Å². The van der Waals surface area contributed by atoms with Gasteiger partial charge in [-0.2, -0.15) is 4.31 Å². The summed E-state index contributed by atoms with van der Waals surface area (Å²) in [4.78, 5) is 24.0. The molecule has 2 amide bonds. The number of anilines is 1. The Bertz CT molecular complexity index is 1110. The first-order valence-electron chi connectivity index (χ1n) is 9.92. The number of hydrogen-bond acceptors (Lipinski definition) is 8. The number of primary amides is 1. The molecule has 0 atom stereocenters. The van der Waals surface area contributed by atoms with Crippen molar-refractivity contribution in [2.24, 2.45) is 5.73 Å². The van der Waals surface area contributed by atoms with E-state index in [1.807, 2.05) is 0 Å². The van der Waals surface area contributed by atoms with Gasteiger partial charge in [-0.25, -0.2) is 8.42 Å². The van der Waals surface area contributed by atoms with Crippen molar-refractivity contribution in [3.8, 4) is 17.2 Å². The summed E-state index contributed by atoms with van der Waals surface area (Å²) in [5, 5.41) is 2.67. The molecule has 1 aliphatic heterocycles. The zero-order valence-corrected chi connectivity index (χ0v) is 19.0. The maximum absolute atomic E-state index is 12.9. The number of sulfonamides is 1. The second-order valence-corrected chi connectivity index (χ2v) is 8.90. The lowest BCUT2D eigenvalue weighted by Gasteiger charge is -2.26. The Hall–Kier alpha value is -3.35. The SMILES string of the molecule is COc1cc(C(=O)Nc2cccc(S(=O)(=O)N3CCOCC3)c2)cc(OC)c1OCC(N)=O. The molecule has 0 radical (unpaired) electrons. The van der Waals surface area contributed by atoms with Gasteiger partial charge in [0.1, 0.15) is 0 Å². The van der Waals surface area contributed by atoms with Crippen molar-refractivity contribution in [2.45, 2.75) is 4.90 Å². The molecule has 33 heavy (non-hydrogen) atoms. The lowest BCUT2D eigenvalue weighted by atomic mass is 10.1. The minimum Gasteiger partial charge on any atom is -0.493 e. The van der Waals surface area contributed by atoms with Crippen LogP contribution in [0, 0.1) is 0 Å². The van der Waals surface area contributed by atoms with Crippen molar-refractivity contribution in [3.63, 3.8) is 0 Å². The van der Waals surface area contributed by atoms with Crippen LogP contribution in [0.5, 0.6) is 17.2 Å². The first kappa shape index (κ1) is 24.3. The molecule has 1 heterocycles. The van der Waals surface area contributed by atoms with Crippen LogP contribution < -0.4 is 25.3 Å². The van der Waals surface area contributed by atoms with E-state index in [4.69, 9.17) is 24.7 Å². The van der Waals surface area contributed by atoms with Crippen LogP contribution >= 0.6 is 0 Å². The maximum Gasteiger partial charge on any atom is 0.255 e. The Kier molecular flexibility index (Phi) is 7.74. The quantitative estimate of drug-likeness (QED) is 0.538. The zero-order chi connectivity index (χ0) is 24.0. The van der Waals surface area contributed by atoms with Gasteiger partial charge < -0.3 is 30.0 Å². The number of carbonyl (C=O) groups is 2. The van der Waals surface area contributed by atoms with Crippen molar-refractivity contribution in [3.05, 3.63) is 42.0 Å². The number of hydrogen-bond donors (Lipinski definition) is 2. The number of benzene rings is 2. The van der Waals surface area contributed by atoms with E-state index in [9.17, 15) is 18.0 Å². The molecule has 3 rings (SSSR count). The van der Waals surface area contributed by atoms with Gasteiger partial charge in [0.05, 0.1) is 32.3 Å². The number of ether oxygens (including phenoxy) is 4. The third-order valence-corrected chi connectivity index (χ3v) is 6.68. The predicted octanol–water partition coefficient (Wildman–Crippen LogP) is 0.841. The lowest BCUT2D eigenvalue weighted by Crippen LogP contribution is -2.40. The smallest absolute Gasteiger partial charge is 0.255 e. The van der Waals surface area contributed by atoms with Gasteiger partial charge in [-0.3, -0.25) is 9.59 Å². The summed E-state index contributed by atoms with van der Waals surface area (Å²) in [6.07, 6.45) is 0. The molecule has 0 unspecified atom stereocenters. The van der Waals surface area contributed by atoms with E-state index in [1.54, 1.807) is 12.1 Å². The standard InChI is InChI=1S/C21H25N3O8S/c1-29-17-10-14(11-18(30-2)20(17)32-13-19(22)25)21(26)23-15-4-3-5-16(12-15)33(27,28)24-6-8-31-9-7-24/h3-5,10-12H,6-9,13H2,1-2H3,(H2,22,25)(H,23,26). The van der Waals surface area contributed by atoms with Crippen LogP contribution in [0.2, 0.25) is 0 Å². The van der Waals surface area contributed by atoms with Crippen LogP contribution in [-0.4, -0.2) is 71.7 Å². The van der Waals surface area contributed by atoms with E-state index < -0.39 is 28.4 Å². The molecule has 0 aromatic heterocycles. The van der Waals surface area contributed by atoms with Crippen LogP contribution in [0.15, 0.2) is 41.3 Å². The molecule has 12 heteroatoms. The fourth-order valence-corrected chi connectivity index (χ4v) is 4.62. The van der Waals surface area contributed by atoms with E-state index >= 15 is 0 Å². The Labute approximate surface area is 191 Å². The zero-order valence-electron chi connectivity index (χ0n) is 18.2. The molecule has 1 aliphatic rings. The summed E-state index contributed by atoms with van der Waals surface area (Å²) in [5.74, 6) is -0.787. The molecule has 3 N–H and O–H groups in total. The number of carbonyl (C=O) groups excluding carboxylic acids is 2. The number of amides is 2. The van der Waals surface area contributed by atoms with Gasteiger partial charge in [0.2, 0.25) is 15.8 Å². The fourth-order valence-electron chi connectivity index (χ4n) is 3.17. The second kappa shape index (κ2) is 10.5. The Balaban J connectivity index is 1.84. The van der Waals surface area contributed by atoms with Crippen molar-refractivity contribution in [1.82, 2.24) is 4.31 Å². The molecule has 2 aromatic rings. The van der Waals surface area contributed by atoms with Crippen LogP contribution in [0.25, 0.3) is 0 Å². The Morgan fingerprint density at radius 1 is 1.09 bits per heavy atom. The van der Waals surface area contributed by atoms with Gasteiger partial charge in [0.15, 0.2) is 18.1 Å². The minimum atomic E-state index is -3.72. The third-order valence-electron chi connectivity index (χ3n) is 4.78. The molecule has 0 aliphatic carbocycles. The van der Waals surface area contributed by atoms with E-state index in [-0.39, 0.29) is 40.8 Å². The largest absolute Gasteiger partial charge is 0.493 e. The molecule has 11 nitrogen and oxygen atoms in total. The maximum atomic E-state index is 12.9. The molecular weight excluding hydrogens is 454 g/mol. The van der Waals surface area contributed by atoms with E-state index in [2.05, 4.69) is 5.32 Å².